The van der Waals surface area contributed by atoms with E-state index < -0.39 is 0 Å². The molecule has 25 heavy (non-hydrogen) atoms. The summed E-state index contributed by atoms with van der Waals surface area (Å²) in [6.07, 6.45) is 0. The van der Waals surface area contributed by atoms with Gasteiger partial charge in [0, 0.05) is 29.5 Å². The van der Waals surface area contributed by atoms with Gasteiger partial charge in [0.25, 0.3) is 0 Å². The fraction of sp³-hybridized carbons (Fsp3) is 0.316. The van der Waals surface area contributed by atoms with E-state index in [1.54, 1.807) is 0 Å². The van der Waals surface area contributed by atoms with Gasteiger partial charge in [0.05, 0.1) is 19.3 Å². The van der Waals surface area contributed by atoms with Gasteiger partial charge in [-0.15, -0.1) is 0 Å². The highest BCUT2D eigenvalue weighted by Gasteiger charge is 2.12. The molecule has 0 aromatic heterocycles. The van der Waals surface area contributed by atoms with Crippen LogP contribution in [-0.2, 0) is 4.74 Å². The highest BCUT2D eigenvalue weighted by atomic mass is 35.5. The zero-order chi connectivity index (χ0) is 17.6. The van der Waals surface area contributed by atoms with Crippen LogP contribution < -0.4 is 15.5 Å². The maximum absolute atomic E-state index is 5.89. The molecule has 1 fully saturated rings. The van der Waals surface area contributed by atoms with Crippen molar-refractivity contribution in [1.82, 2.24) is 5.32 Å². The summed E-state index contributed by atoms with van der Waals surface area (Å²) in [5.74, 6) is 0. The fourth-order valence-electron chi connectivity index (χ4n) is 2.78. The lowest BCUT2D eigenvalue weighted by Crippen LogP contribution is -2.36. The van der Waals surface area contributed by atoms with E-state index in [0.29, 0.717) is 10.1 Å². The molecular formula is C19H22ClN3OS. The molecule has 2 aromatic carbocycles. The molecule has 0 saturated carbocycles. The topological polar surface area (TPSA) is 36.5 Å². The van der Waals surface area contributed by atoms with Crippen LogP contribution in [0.15, 0.2) is 48.5 Å². The maximum atomic E-state index is 5.89. The van der Waals surface area contributed by atoms with E-state index >= 15 is 0 Å². The number of hydrogen-bond donors (Lipinski definition) is 2. The number of thiocarbonyl (C=S) groups is 1. The van der Waals surface area contributed by atoms with E-state index in [1.807, 2.05) is 24.3 Å². The number of benzene rings is 2. The first kappa shape index (κ1) is 18.0. The minimum absolute atomic E-state index is 0.117. The van der Waals surface area contributed by atoms with Crippen LogP contribution >= 0.6 is 23.8 Å². The predicted molar refractivity (Wildman–Crippen MR) is 109 cm³/mol. The molecule has 3 rings (SSSR count). The second kappa shape index (κ2) is 8.52. The molecule has 2 N–H and O–H groups in total. The Morgan fingerprint density at radius 2 is 1.72 bits per heavy atom. The Hall–Kier alpha value is -1.82. The number of hydrogen-bond acceptors (Lipinski definition) is 3. The summed E-state index contributed by atoms with van der Waals surface area (Å²) < 4.78 is 5.40. The van der Waals surface area contributed by atoms with E-state index in [4.69, 9.17) is 28.6 Å². The number of rotatable bonds is 4. The number of nitrogens with zero attached hydrogens (tertiary/aromatic N) is 1. The van der Waals surface area contributed by atoms with Gasteiger partial charge in [0.1, 0.15) is 0 Å². The first-order valence-corrected chi connectivity index (χ1v) is 9.16. The van der Waals surface area contributed by atoms with Crippen LogP contribution in [-0.4, -0.2) is 31.4 Å². The van der Waals surface area contributed by atoms with E-state index in [0.717, 1.165) is 32.0 Å². The summed E-state index contributed by atoms with van der Waals surface area (Å²) in [6.45, 7) is 5.58. The van der Waals surface area contributed by atoms with Crippen molar-refractivity contribution in [3.63, 3.8) is 0 Å². The molecule has 1 saturated heterocycles. The van der Waals surface area contributed by atoms with Crippen molar-refractivity contribution in [2.75, 3.05) is 36.5 Å². The van der Waals surface area contributed by atoms with Crippen LogP contribution in [0.4, 0.5) is 11.4 Å². The molecule has 6 heteroatoms. The van der Waals surface area contributed by atoms with Gasteiger partial charge in [-0.1, -0.05) is 23.7 Å². The minimum atomic E-state index is 0.117. The molecule has 0 amide bonds. The lowest BCUT2D eigenvalue weighted by molar-refractivity contribution is 0.122. The Morgan fingerprint density at radius 3 is 2.36 bits per heavy atom. The first-order valence-electron chi connectivity index (χ1n) is 8.37. The van der Waals surface area contributed by atoms with Gasteiger partial charge in [-0.3, -0.25) is 0 Å². The molecule has 0 aliphatic carbocycles. The van der Waals surface area contributed by atoms with E-state index in [2.05, 4.69) is 46.7 Å². The lowest BCUT2D eigenvalue weighted by Gasteiger charge is -2.29. The van der Waals surface area contributed by atoms with Gasteiger partial charge >= 0.3 is 0 Å². The molecule has 0 unspecified atom stereocenters. The highest BCUT2D eigenvalue weighted by Crippen LogP contribution is 2.20. The van der Waals surface area contributed by atoms with Crippen LogP contribution in [0.25, 0.3) is 0 Å². The molecular weight excluding hydrogens is 354 g/mol. The average molecular weight is 376 g/mol. The van der Waals surface area contributed by atoms with Crippen molar-refractivity contribution in [2.45, 2.75) is 13.0 Å². The Morgan fingerprint density at radius 1 is 1.08 bits per heavy atom. The predicted octanol–water partition coefficient (Wildman–Crippen LogP) is 4.22. The summed E-state index contributed by atoms with van der Waals surface area (Å²) in [4.78, 5) is 2.35. The van der Waals surface area contributed by atoms with Gasteiger partial charge in [-0.05, 0) is 61.1 Å². The van der Waals surface area contributed by atoms with Crippen LogP contribution in [0.3, 0.4) is 0 Å². The van der Waals surface area contributed by atoms with Crippen molar-refractivity contribution in [3.8, 4) is 0 Å². The summed E-state index contributed by atoms with van der Waals surface area (Å²) in [5.41, 5.74) is 3.34. The van der Waals surface area contributed by atoms with Crippen molar-refractivity contribution >= 4 is 40.3 Å². The zero-order valence-electron chi connectivity index (χ0n) is 14.2. The summed E-state index contributed by atoms with van der Waals surface area (Å²) in [7, 11) is 0. The summed E-state index contributed by atoms with van der Waals surface area (Å²) in [5, 5.41) is 7.78. The largest absolute Gasteiger partial charge is 0.378 e. The summed E-state index contributed by atoms with van der Waals surface area (Å²) >= 11 is 11.3. The molecule has 132 valence electrons. The molecule has 0 spiro atoms. The normalized spacial score (nSPS) is 15.5. The zero-order valence-corrected chi connectivity index (χ0v) is 15.7. The SMILES string of the molecule is C[C@@H](NC(=S)Nc1ccc(Cl)cc1)c1ccc(N2CCOCC2)cc1. The van der Waals surface area contributed by atoms with Gasteiger partial charge in [-0.25, -0.2) is 0 Å². The molecule has 2 aromatic rings. The molecule has 1 aliphatic heterocycles. The number of ether oxygens (including phenoxy) is 1. The molecule has 1 heterocycles. The third-order valence-electron chi connectivity index (χ3n) is 4.22. The molecule has 4 nitrogen and oxygen atoms in total. The lowest BCUT2D eigenvalue weighted by atomic mass is 10.1. The Balaban J connectivity index is 1.55. The van der Waals surface area contributed by atoms with Crippen molar-refractivity contribution in [1.29, 1.82) is 0 Å². The van der Waals surface area contributed by atoms with Gasteiger partial charge in [0.15, 0.2) is 5.11 Å². The number of anilines is 2. The number of morpholine rings is 1. The van der Waals surface area contributed by atoms with E-state index in [9.17, 15) is 0 Å². The molecule has 0 radical (unpaired) electrons. The highest BCUT2D eigenvalue weighted by molar-refractivity contribution is 7.80. The minimum Gasteiger partial charge on any atom is -0.378 e. The van der Waals surface area contributed by atoms with Crippen molar-refractivity contribution in [3.05, 3.63) is 59.1 Å². The standard InChI is InChI=1S/C19H22ClN3OS/c1-14(21-19(25)22-17-6-4-16(20)5-7-17)15-2-8-18(9-3-15)23-10-12-24-13-11-23/h2-9,14H,10-13H2,1H3,(H2,21,22,25)/t14-/m1/s1. The Labute approximate surface area is 159 Å². The van der Waals surface area contributed by atoms with Crippen molar-refractivity contribution < 1.29 is 4.74 Å². The quantitative estimate of drug-likeness (QED) is 0.782. The summed E-state index contributed by atoms with van der Waals surface area (Å²) in [6, 6.07) is 16.2. The maximum Gasteiger partial charge on any atom is 0.171 e. The van der Waals surface area contributed by atoms with Gasteiger partial charge in [0.2, 0.25) is 0 Å². The smallest absolute Gasteiger partial charge is 0.171 e. The van der Waals surface area contributed by atoms with Crippen molar-refractivity contribution in [2.24, 2.45) is 0 Å². The van der Waals surface area contributed by atoms with Gasteiger partial charge in [-0.2, -0.15) is 0 Å². The molecule has 1 aliphatic rings. The first-order chi connectivity index (χ1) is 12.1. The third kappa shape index (κ3) is 5.08. The Bertz CT molecular complexity index is 700. The second-order valence-corrected chi connectivity index (χ2v) is 6.86. The number of halogens is 1. The monoisotopic (exact) mass is 375 g/mol. The number of nitrogens with one attached hydrogen (secondary N) is 2. The molecule has 0 bridgehead atoms. The van der Waals surface area contributed by atoms with Gasteiger partial charge < -0.3 is 20.3 Å². The van der Waals surface area contributed by atoms with E-state index in [-0.39, 0.29) is 6.04 Å². The van der Waals surface area contributed by atoms with Crippen LogP contribution in [0.2, 0.25) is 5.02 Å². The van der Waals surface area contributed by atoms with Crippen LogP contribution in [0, 0.1) is 0 Å². The van der Waals surface area contributed by atoms with E-state index in [1.165, 1.54) is 11.3 Å². The Kier molecular flexibility index (Phi) is 6.13. The third-order valence-corrected chi connectivity index (χ3v) is 4.69. The fourth-order valence-corrected chi connectivity index (χ4v) is 3.20. The van der Waals surface area contributed by atoms with Crippen LogP contribution in [0.1, 0.15) is 18.5 Å². The molecule has 1 atom stereocenters. The van der Waals surface area contributed by atoms with Crippen LogP contribution in [0.5, 0.6) is 0 Å². The average Bonchev–Trinajstić information content (AvgIpc) is 2.64. The second-order valence-electron chi connectivity index (χ2n) is 6.02.